The van der Waals surface area contributed by atoms with Crippen molar-refractivity contribution in [1.82, 2.24) is 4.57 Å². The van der Waals surface area contributed by atoms with Crippen LogP contribution in [0.1, 0.15) is 22.3 Å². The van der Waals surface area contributed by atoms with Crippen LogP contribution in [0.25, 0.3) is 10.2 Å². The highest BCUT2D eigenvalue weighted by Gasteiger charge is 2.10. The summed E-state index contributed by atoms with van der Waals surface area (Å²) in [6.45, 7) is 10.6. The summed E-state index contributed by atoms with van der Waals surface area (Å²) in [6, 6.07) is 12.3. The molecule has 0 aliphatic rings. The topological polar surface area (TPSA) is 34.4 Å². The molecule has 0 aliphatic heterocycles. The number of hydrogen-bond donors (Lipinski definition) is 0. The molecular formula is C21H22N2OS. The molecule has 1 heterocycles. The number of nitrogens with zero attached hydrogens (tertiary/aromatic N) is 2. The number of para-hydroxylation sites is 1. The van der Waals surface area contributed by atoms with Crippen molar-refractivity contribution in [2.75, 3.05) is 0 Å². The van der Waals surface area contributed by atoms with Crippen LogP contribution >= 0.6 is 11.3 Å². The number of allylic oxidation sites excluding steroid dienone is 1. The molecule has 2 aromatic carbocycles. The van der Waals surface area contributed by atoms with E-state index >= 15 is 0 Å². The van der Waals surface area contributed by atoms with Gasteiger partial charge in [0.15, 0.2) is 4.80 Å². The van der Waals surface area contributed by atoms with Gasteiger partial charge >= 0.3 is 0 Å². The van der Waals surface area contributed by atoms with Gasteiger partial charge in [-0.15, -0.1) is 6.58 Å². The number of hydrogen-bond acceptors (Lipinski definition) is 2. The van der Waals surface area contributed by atoms with Gasteiger partial charge in [0.05, 0.1) is 16.6 Å². The second-order valence-electron chi connectivity index (χ2n) is 6.31. The summed E-state index contributed by atoms with van der Waals surface area (Å²) in [5.74, 6) is -0.112. The van der Waals surface area contributed by atoms with E-state index in [1.54, 1.807) is 11.3 Å². The predicted molar refractivity (Wildman–Crippen MR) is 105 cm³/mol. The van der Waals surface area contributed by atoms with Crippen molar-refractivity contribution in [2.45, 2.75) is 33.7 Å². The predicted octanol–water partition coefficient (Wildman–Crippen LogP) is 4.48. The lowest BCUT2D eigenvalue weighted by Crippen LogP contribution is -2.17. The van der Waals surface area contributed by atoms with E-state index in [-0.39, 0.29) is 5.91 Å². The Labute approximate surface area is 152 Å². The SMILES string of the molecule is C=CCn1c(=NC(=O)Cc2c(C)cc(C)cc2C)sc2ccccc21. The molecule has 0 fully saturated rings. The van der Waals surface area contributed by atoms with Gasteiger partial charge < -0.3 is 4.57 Å². The summed E-state index contributed by atoms with van der Waals surface area (Å²) in [7, 11) is 0. The smallest absolute Gasteiger partial charge is 0.252 e. The molecule has 3 nitrogen and oxygen atoms in total. The minimum atomic E-state index is -0.112. The zero-order valence-electron chi connectivity index (χ0n) is 14.9. The van der Waals surface area contributed by atoms with E-state index in [9.17, 15) is 4.79 Å². The van der Waals surface area contributed by atoms with Crippen LogP contribution in [0, 0.1) is 20.8 Å². The number of carbonyl (C=O) groups is 1. The first-order chi connectivity index (χ1) is 12.0. The van der Waals surface area contributed by atoms with Crippen LogP contribution in [0.5, 0.6) is 0 Å². The van der Waals surface area contributed by atoms with Crippen molar-refractivity contribution in [3.8, 4) is 0 Å². The average Bonchev–Trinajstić information content (AvgIpc) is 2.89. The van der Waals surface area contributed by atoms with E-state index in [0.717, 1.165) is 31.7 Å². The molecule has 128 valence electrons. The lowest BCUT2D eigenvalue weighted by atomic mass is 9.97. The molecule has 0 atom stereocenters. The fraction of sp³-hybridized carbons (Fsp3) is 0.238. The van der Waals surface area contributed by atoms with Crippen LogP contribution in [0.3, 0.4) is 0 Å². The third-order valence-electron chi connectivity index (χ3n) is 4.29. The molecule has 0 saturated carbocycles. The van der Waals surface area contributed by atoms with E-state index in [1.807, 2.05) is 28.8 Å². The molecule has 0 spiro atoms. The van der Waals surface area contributed by atoms with Crippen molar-refractivity contribution in [1.29, 1.82) is 0 Å². The molecule has 0 radical (unpaired) electrons. The minimum absolute atomic E-state index is 0.112. The molecule has 0 aliphatic carbocycles. The largest absolute Gasteiger partial charge is 0.313 e. The summed E-state index contributed by atoms with van der Waals surface area (Å²) in [6.07, 6.45) is 2.16. The normalized spacial score (nSPS) is 11.9. The molecule has 3 rings (SSSR count). The first-order valence-electron chi connectivity index (χ1n) is 8.33. The zero-order chi connectivity index (χ0) is 18.0. The van der Waals surface area contributed by atoms with Gasteiger partial charge in [-0.05, 0) is 49.6 Å². The highest BCUT2D eigenvalue weighted by Crippen LogP contribution is 2.18. The van der Waals surface area contributed by atoms with Crippen LogP contribution in [-0.4, -0.2) is 10.5 Å². The Bertz CT molecular complexity index is 1000. The zero-order valence-corrected chi connectivity index (χ0v) is 15.7. The maximum absolute atomic E-state index is 12.6. The van der Waals surface area contributed by atoms with Crippen molar-refractivity contribution in [3.05, 3.63) is 76.1 Å². The van der Waals surface area contributed by atoms with Crippen molar-refractivity contribution in [2.24, 2.45) is 4.99 Å². The van der Waals surface area contributed by atoms with Crippen molar-refractivity contribution >= 4 is 27.5 Å². The Hall–Kier alpha value is -2.46. The maximum Gasteiger partial charge on any atom is 0.252 e. The maximum atomic E-state index is 12.6. The Morgan fingerprint density at radius 2 is 1.88 bits per heavy atom. The third kappa shape index (κ3) is 3.64. The fourth-order valence-corrected chi connectivity index (χ4v) is 4.25. The summed E-state index contributed by atoms with van der Waals surface area (Å²) in [5, 5.41) is 0. The fourth-order valence-electron chi connectivity index (χ4n) is 3.20. The highest BCUT2D eigenvalue weighted by atomic mass is 32.1. The molecule has 0 bridgehead atoms. The number of aryl methyl sites for hydroxylation is 3. The molecule has 3 aromatic rings. The summed E-state index contributed by atoms with van der Waals surface area (Å²) in [4.78, 5) is 17.7. The quantitative estimate of drug-likeness (QED) is 0.639. The molecule has 0 N–H and O–H groups in total. The summed E-state index contributed by atoms with van der Waals surface area (Å²) >= 11 is 1.54. The summed E-state index contributed by atoms with van der Waals surface area (Å²) < 4.78 is 3.17. The van der Waals surface area contributed by atoms with E-state index in [1.165, 1.54) is 5.56 Å². The van der Waals surface area contributed by atoms with Gasteiger partial charge in [-0.1, -0.05) is 47.2 Å². The molecule has 1 amide bonds. The Kier molecular flexibility index (Phi) is 5.00. The second kappa shape index (κ2) is 7.19. The Morgan fingerprint density at radius 3 is 2.56 bits per heavy atom. The monoisotopic (exact) mass is 350 g/mol. The second-order valence-corrected chi connectivity index (χ2v) is 7.32. The van der Waals surface area contributed by atoms with E-state index in [4.69, 9.17) is 0 Å². The standard InChI is InChI=1S/C21H22N2OS/c1-5-10-23-18-8-6-7-9-19(18)25-21(23)22-20(24)13-17-15(3)11-14(2)12-16(17)4/h5-9,11-12H,1,10,13H2,2-4H3. The van der Waals surface area contributed by atoms with E-state index < -0.39 is 0 Å². The van der Waals surface area contributed by atoms with Gasteiger partial charge in [0, 0.05) is 6.54 Å². The minimum Gasteiger partial charge on any atom is -0.313 e. The van der Waals surface area contributed by atoms with Crippen LogP contribution in [0.4, 0.5) is 0 Å². The van der Waals surface area contributed by atoms with Gasteiger partial charge in [0.1, 0.15) is 0 Å². The van der Waals surface area contributed by atoms with Gasteiger partial charge in [0.25, 0.3) is 5.91 Å². The molecule has 0 unspecified atom stereocenters. The Morgan fingerprint density at radius 1 is 1.20 bits per heavy atom. The van der Waals surface area contributed by atoms with Crippen molar-refractivity contribution in [3.63, 3.8) is 0 Å². The number of thiazole rings is 1. The molecule has 25 heavy (non-hydrogen) atoms. The number of benzene rings is 2. The molecule has 4 heteroatoms. The van der Waals surface area contributed by atoms with Crippen molar-refractivity contribution < 1.29 is 4.79 Å². The molecule has 1 aromatic heterocycles. The van der Waals surface area contributed by atoms with Crippen LogP contribution in [-0.2, 0) is 17.8 Å². The van der Waals surface area contributed by atoms with Crippen LogP contribution in [0.2, 0.25) is 0 Å². The number of carbonyl (C=O) groups excluding carboxylic acids is 1. The average molecular weight is 350 g/mol. The number of aromatic nitrogens is 1. The van der Waals surface area contributed by atoms with E-state index in [0.29, 0.717) is 13.0 Å². The first kappa shape index (κ1) is 17.4. The first-order valence-corrected chi connectivity index (χ1v) is 9.15. The lowest BCUT2D eigenvalue weighted by molar-refractivity contribution is -0.117. The number of rotatable bonds is 4. The van der Waals surface area contributed by atoms with Gasteiger partial charge in [-0.3, -0.25) is 4.79 Å². The van der Waals surface area contributed by atoms with Gasteiger partial charge in [-0.2, -0.15) is 4.99 Å². The number of fused-ring (bicyclic) bond motifs is 1. The van der Waals surface area contributed by atoms with Gasteiger partial charge in [0.2, 0.25) is 0 Å². The number of amides is 1. The molecule has 0 saturated heterocycles. The summed E-state index contributed by atoms with van der Waals surface area (Å²) in [5.41, 5.74) is 5.68. The van der Waals surface area contributed by atoms with E-state index in [2.05, 4.69) is 50.5 Å². The lowest BCUT2D eigenvalue weighted by Gasteiger charge is -2.09. The Balaban J connectivity index is 2.01. The third-order valence-corrected chi connectivity index (χ3v) is 5.35. The molecular weight excluding hydrogens is 328 g/mol. The van der Waals surface area contributed by atoms with Crippen LogP contribution < -0.4 is 4.80 Å². The van der Waals surface area contributed by atoms with Gasteiger partial charge in [-0.25, -0.2) is 0 Å². The van der Waals surface area contributed by atoms with Crippen LogP contribution in [0.15, 0.2) is 54.0 Å². The highest BCUT2D eigenvalue weighted by molar-refractivity contribution is 7.16.